The van der Waals surface area contributed by atoms with Crippen molar-refractivity contribution in [1.29, 1.82) is 0 Å². The minimum atomic E-state index is 0.713. The molecule has 2 heterocycles. The van der Waals surface area contributed by atoms with Crippen molar-refractivity contribution in [2.75, 3.05) is 23.3 Å². The van der Waals surface area contributed by atoms with Gasteiger partial charge in [-0.05, 0) is 43.0 Å². The highest BCUT2D eigenvalue weighted by atomic mass is 35.5. The average molecular weight is 302 g/mol. The van der Waals surface area contributed by atoms with Crippen LogP contribution in [0.4, 0.5) is 11.5 Å². The van der Waals surface area contributed by atoms with Crippen LogP contribution in [0.3, 0.4) is 0 Å². The molecule has 1 N–H and O–H groups in total. The second-order valence-electron chi connectivity index (χ2n) is 5.40. The van der Waals surface area contributed by atoms with Gasteiger partial charge in [0.2, 0.25) is 0 Å². The predicted octanol–water partition coefficient (Wildman–Crippen LogP) is 4.34. The molecular weight excluding hydrogens is 282 g/mol. The average Bonchev–Trinajstić information content (AvgIpc) is 2.55. The van der Waals surface area contributed by atoms with E-state index < -0.39 is 0 Å². The van der Waals surface area contributed by atoms with Crippen molar-refractivity contribution in [3.05, 3.63) is 53.2 Å². The molecule has 3 rings (SSSR count). The van der Waals surface area contributed by atoms with Crippen molar-refractivity contribution >= 4 is 23.1 Å². The smallest absolute Gasteiger partial charge is 0.128 e. The second-order valence-corrected chi connectivity index (χ2v) is 5.80. The molecule has 21 heavy (non-hydrogen) atoms. The first-order chi connectivity index (χ1) is 10.3. The lowest BCUT2D eigenvalue weighted by Gasteiger charge is -2.27. The highest BCUT2D eigenvalue weighted by molar-refractivity contribution is 6.31. The molecule has 1 aromatic heterocycles. The number of rotatable bonds is 4. The Kier molecular flexibility index (Phi) is 4.61. The van der Waals surface area contributed by atoms with Crippen molar-refractivity contribution in [3.8, 4) is 0 Å². The zero-order valence-corrected chi connectivity index (χ0v) is 12.8. The van der Waals surface area contributed by atoms with Crippen molar-refractivity contribution in [2.45, 2.75) is 25.8 Å². The first-order valence-corrected chi connectivity index (χ1v) is 7.89. The van der Waals surface area contributed by atoms with Crippen LogP contribution in [-0.4, -0.2) is 18.1 Å². The molecule has 0 spiro atoms. The zero-order chi connectivity index (χ0) is 14.5. The third-order valence-electron chi connectivity index (χ3n) is 3.87. The summed E-state index contributed by atoms with van der Waals surface area (Å²) in [6, 6.07) is 12.1. The Bertz CT molecular complexity index is 577. The fourth-order valence-corrected chi connectivity index (χ4v) is 2.84. The van der Waals surface area contributed by atoms with Crippen LogP contribution in [0.5, 0.6) is 0 Å². The van der Waals surface area contributed by atoms with Crippen molar-refractivity contribution in [2.24, 2.45) is 0 Å². The van der Waals surface area contributed by atoms with E-state index in [1.807, 2.05) is 30.5 Å². The van der Waals surface area contributed by atoms with Crippen LogP contribution in [0.15, 0.2) is 42.6 Å². The predicted molar refractivity (Wildman–Crippen MR) is 89.1 cm³/mol. The summed E-state index contributed by atoms with van der Waals surface area (Å²) in [5.41, 5.74) is 2.12. The molecule has 3 nitrogen and oxygen atoms in total. The lowest BCUT2D eigenvalue weighted by molar-refractivity contribution is 0.573. The van der Waals surface area contributed by atoms with Gasteiger partial charge >= 0.3 is 0 Å². The summed E-state index contributed by atoms with van der Waals surface area (Å²) >= 11 is 6.15. The number of hydrogen-bond donors (Lipinski definition) is 1. The van der Waals surface area contributed by atoms with E-state index in [1.54, 1.807) is 0 Å². The number of piperidine rings is 1. The Hall–Kier alpha value is -1.74. The largest absolute Gasteiger partial charge is 0.380 e. The highest BCUT2D eigenvalue weighted by Crippen LogP contribution is 2.20. The molecule has 110 valence electrons. The fourth-order valence-electron chi connectivity index (χ4n) is 2.64. The van der Waals surface area contributed by atoms with E-state index in [-0.39, 0.29) is 0 Å². The maximum absolute atomic E-state index is 6.15. The summed E-state index contributed by atoms with van der Waals surface area (Å²) in [4.78, 5) is 6.93. The van der Waals surface area contributed by atoms with Crippen molar-refractivity contribution in [1.82, 2.24) is 4.98 Å². The maximum Gasteiger partial charge on any atom is 0.128 e. The fraction of sp³-hybridized carbons (Fsp3) is 0.353. The molecule has 1 aliphatic rings. The van der Waals surface area contributed by atoms with E-state index in [0.29, 0.717) is 6.54 Å². The molecule has 1 aliphatic heterocycles. The Balaban J connectivity index is 1.60. The van der Waals surface area contributed by atoms with Crippen molar-refractivity contribution in [3.63, 3.8) is 0 Å². The molecular formula is C17H20ClN3. The number of anilines is 2. The topological polar surface area (TPSA) is 28.2 Å². The summed E-state index contributed by atoms with van der Waals surface area (Å²) in [6.07, 6.45) is 5.79. The molecule has 0 amide bonds. The SMILES string of the molecule is Clc1ccccc1CNc1ccc(N2CCCCC2)nc1. The van der Waals surface area contributed by atoms with Crippen LogP contribution in [-0.2, 0) is 6.54 Å². The molecule has 1 saturated heterocycles. The molecule has 1 aromatic carbocycles. The lowest BCUT2D eigenvalue weighted by Crippen LogP contribution is -2.30. The van der Waals surface area contributed by atoms with E-state index in [0.717, 1.165) is 35.2 Å². The molecule has 0 bridgehead atoms. The third-order valence-corrected chi connectivity index (χ3v) is 4.24. The summed E-state index contributed by atoms with van der Waals surface area (Å²) in [7, 11) is 0. The van der Waals surface area contributed by atoms with Gasteiger partial charge in [0.1, 0.15) is 5.82 Å². The Morgan fingerprint density at radius 3 is 2.57 bits per heavy atom. The first-order valence-electron chi connectivity index (χ1n) is 7.51. The van der Waals surface area contributed by atoms with Gasteiger partial charge in [-0.2, -0.15) is 0 Å². The number of nitrogens with zero attached hydrogens (tertiary/aromatic N) is 2. The molecule has 1 fully saturated rings. The van der Waals surface area contributed by atoms with Gasteiger partial charge in [0, 0.05) is 24.7 Å². The molecule has 0 radical (unpaired) electrons. The molecule has 0 aliphatic carbocycles. The van der Waals surface area contributed by atoms with Gasteiger partial charge in [0.05, 0.1) is 11.9 Å². The molecule has 0 atom stereocenters. The molecule has 4 heteroatoms. The molecule has 2 aromatic rings. The van der Waals surface area contributed by atoms with Gasteiger partial charge in [0.25, 0.3) is 0 Å². The lowest BCUT2D eigenvalue weighted by atomic mass is 10.1. The Morgan fingerprint density at radius 1 is 1.05 bits per heavy atom. The number of halogens is 1. The number of nitrogens with one attached hydrogen (secondary N) is 1. The van der Waals surface area contributed by atoms with E-state index >= 15 is 0 Å². The standard InChI is InChI=1S/C17H20ClN3/c18-16-7-3-2-6-14(16)12-19-15-8-9-17(20-13-15)21-10-4-1-5-11-21/h2-3,6-9,13,19H,1,4-5,10-12H2. The minimum Gasteiger partial charge on any atom is -0.380 e. The second kappa shape index (κ2) is 6.81. The van der Waals surface area contributed by atoms with E-state index in [1.165, 1.54) is 19.3 Å². The van der Waals surface area contributed by atoms with Gasteiger partial charge in [0.15, 0.2) is 0 Å². The van der Waals surface area contributed by atoms with E-state index in [2.05, 4.69) is 27.3 Å². The Labute approximate surface area is 131 Å². The van der Waals surface area contributed by atoms with E-state index in [9.17, 15) is 0 Å². The van der Waals surface area contributed by atoms with E-state index in [4.69, 9.17) is 11.6 Å². The quantitative estimate of drug-likeness (QED) is 0.910. The first kappa shape index (κ1) is 14.2. The van der Waals surface area contributed by atoms with Gasteiger partial charge in [-0.25, -0.2) is 4.98 Å². The summed E-state index contributed by atoms with van der Waals surface area (Å²) in [5.74, 6) is 1.08. The maximum atomic E-state index is 6.15. The number of pyridine rings is 1. The number of hydrogen-bond acceptors (Lipinski definition) is 3. The summed E-state index contributed by atoms with van der Waals surface area (Å²) in [6.45, 7) is 2.96. The van der Waals surface area contributed by atoms with Crippen LogP contribution < -0.4 is 10.2 Å². The summed E-state index contributed by atoms with van der Waals surface area (Å²) < 4.78 is 0. The normalized spacial score (nSPS) is 15.0. The van der Waals surface area contributed by atoms with Gasteiger partial charge in [-0.1, -0.05) is 29.8 Å². The van der Waals surface area contributed by atoms with Crippen LogP contribution in [0.1, 0.15) is 24.8 Å². The minimum absolute atomic E-state index is 0.713. The Morgan fingerprint density at radius 2 is 1.86 bits per heavy atom. The zero-order valence-electron chi connectivity index (χ0n) is 12.1. The molecule has 0 unspecified atom stereocenters. The number of aromatic nitrogens is 1. The van der Waals surface area contributed by atoms with Crippen LogP contribution in [0, 0.1) is 0 Å². The monoisotopic (exact) mass is 301 g/mol. The van der Waals surface area contributed by atoms with Gasteiger partial charge < -0.3 is 10.2 Å². The third kappa shape index (κ3) is 3.67. The summed E-state index contributed by atoms with van der Waals surface area (Å²) in [5, 5.41) is 4.16. The van der Waals surface area contributed by atoms with Crippen LogP contribution in [0.25, 0.3) is 0 Å². The number of benzene rings is 1. The van der Waals surface area contributed by atoms with Gasteiger partial charge in [-0.15, -0.1) is 0 Å². The van der Waals surface area contributed by atoms with Gasteiger partial charge in [-0.3, -0.25) is 0 Å². The van der Waals surface area contributed by atoms with Crippen molar-refractivity contribution < 1.29 is 0 Å². The highest BCUT2D eigenvalue weighted by Gasteiger charge is 2.11. The van der Waals surface area contributed by atoms with Crippen LogP contribution >= 0.6 is 11.6 Å². The van der Waals surface area contributed by atoms with Crippen LogP contribution in [0.2, 0.25) is 5.02 Å². The molecule has 0 saturated carbocycles.